The summed E-state index contributed by atoms with van der Waals surface area (Å²) < 4.78 is 11.6. The van der Waals surface area contributed by atoms with Crippen molar-refractivity contribution in [3.05, 3.63) is 94.0 Å². The molecule has 0 bridgehead atoms. The van der Waals surface area contributed by atoms with E-state index in [9.17, 15) is 4.79 Å². The van der Waals surface area contributed by atoms with Crippen LogP contribution in [0.4, 0.5) is 0 Å². The Morgan fingerprint density at radius 2 is 1.82 bits per heavy atom. The molecular weight excluding hydrogens is 414 g/mol. The molecule has 0 saturated heterocycles. The molecule has 0 aliphatic rings. The summed E-state index contributed by atoms with van der Waals surface area (Å²) in [6, 6.07) is 20.8. The summed E-state index contributed by atoms with van der Waals surface area (Å²) in [5, 5.41) is 13.0. The number of aryl methyl sites for hydroxylation is 2. The van der Waals surface area contributed by atoms with Crippen LogP contribution in [0.3, 0.4) is 0 Å². The molecule has 0 aromatic heterocycles. The maximum Gasteiger partial charge on any atom is 0.244 e. The van der Waals surface area contributed by atoms with E-state index in [1.807, 2.05) is 63.2 Å². The standard InChI is InChI=1S/C27H27N3O3/c1-4-32-26-14-23(10-12-25(26)33-18-22-8-6-21(16-28)7-9-22)17-29-30-27(31)15-24-11-5-19(2)13-20(24)3/h5-14,17H,4,15,18H2,1-3H3,(H,30,31)/b29-17+. The molecule has 168 valence electrons. The number of benzene rings is 3. The number of carbonyl (C=O) groups excluding carboxylic acids is 1. The van der Waals surface area contributed by atoms with Crippen molar-refractivity contribution in [1.82, 2.24) is 5.43 Å². The minimum Gasteiger partial charge on any atom is -0.490 e. The average Bonchev–Trinajstić information content (AvgIpc) is 2.81. The van der Waals surface area contributed by atoms with Crippen LogP contribution in [0.5, 0.6) is 11.5 Å². The van der Waals surface area contributed by atoms with Gasteiger partial charge in [-0.3, -0.25) is 4.79 Å². The zero-order chi connectivity index (χ0) is 23.6. The van der Waals surface area contributed by atoms with Gasteiger partial charge < -0.3 is 9.47 Å². The van der Waals surface area contributed by atoms with E-state index in [0.29, 0.717) is 30.3 Å². The predicted octanol–water partition coefficient (Wildman–Crippen LogP) is 4.85. The molecule has 3 aromatic carbocycles. The number of hydrogen-bond acceptors (Lipinski definition) is 5. The van der Waals surface area contributed by atoms with E-state index in [4.69, 9.17) is 14.7 Å². The normalized spacial score (nSPS) is 10.6. The van der Waals surface area contributed by atoms with Crippen LogP contribution in [0.2, 0.25) is 0 Å². The molecule has 1 N–H and O–H groups in total. The van der Waals surface area contributed by atoms with Crippen LogP contribution in [-0.2, 0) is 17.8 Å². The summed E-state index contributed by atoms with van der Waals surface area (Å²) in [5.74, 6) is 1.03. The third kappa shape index (κ3) is 6.94. The maximum atomic E-state index is 12.2. The minimum atomic E-state index is -0.175. The van der Waals surface area contributed by atoms with E-state index in [-0.39, 0.29) is 12.3 Å². The molecule has 0 atom stereocenters. The molecule has 0 saturated carbocycles. The first-order chi connectivity index (χ1) is 16.0. The molecule has 0 aliphatic carbocycles. The zero-order valence-electron chi connectivity index (χ0n) is 19.1. The number of nitrogens with zero attached hydrogens (tertiary/aromatic N) is 2. The highest BCUT2D eigenvalue weighted by Gasteiger charge is 2.08. The molecule has 1 amide bonds. The second-order valence-corrected chi connectivity index (χ2v) is 7.64. The van der Waals surface area contributed by atoms with Gasteiger partial charge in [-0.05, 0) is 73.4 Å². The van der Waals surface area contributed by atoms with E-state index in [0.717, 1.165) is 22.3 Å². The number of amides is 1. The molecule has 0 radical (unpaired) electrons. The Balaban J connectivity index is 1.60. The van der Waals surface area contributed by atoms with Crippen molar-refractivity contribution < 1.29 is 14.3 Å². The molecule has 0 unspecified atom stereocenters. The number of hydrazone groups is 1. The maximum absolute atomic E-state index is 12.2. The number of nitrogens with one attached hydrogen (secondary N) is 1. The van der Waals surface area contributed by atoms with Gasteiger partial charge in [0.15, 0.2) is 11.5 Å². The Morgan fingerprint density at radius 1 is 1.03 bits per heavy atom. The highest BCUT2D eigenvalue weighted by molar-refractivity contribution is 5.84. The second-order valence-electron chi connectivity index (χ2n) is 7.64. The quantitative estimate of drug-likeness (QED) is 0.380. The fourth-order valence-corrected chi connectivity index (χ4v) is 3.26. The van der Waals surface area contributed by atoms with Crippen molar-refractivity contribution in [2.45, 2.75) is 33.8 Å². The lowest BCUT2D eigenvalue weighted by molar-refractivity contribution is -0.120. The number of ether oxygens (including phenoxy) is 2. The SMILES string of the molecule is CCOc1cc(/C=N/NC(=O)Cc2ccc(C)cc2C)ccc1OCc1ccc(C#N)cc1. The van der Waals surface area contributed by atoms with Gasteiger partial charge in [-0.25, -0.2) is 5.43 Å². The number of carbonyl (C=O) groups is 1. The molecule has 33 heavy (non-hydrogen) atoms. The highest BCUT2D eigenvalue weighted by Crippen LogP contribution is 2.29. The zero-order valence-corrected chi connectivity index (χ0v) is 19.1. The Hall–Kier alpha value is -4.11. The monoisotopic (exact) mass is 441 g/mol. The van der Waals surface area contributed by atoms with Gasteiger partial charge >= 0.3 is 0 Å². The second kappa shape index (κ2) is 11.5. The van der Waals surface area contributed by atoms with Crippen LogP contribution >= 0.6 is 0 Å². The van der Waals surface area contributed by atoms with Gasteiger partial charge in [-0.1, -0.05) is 35.9 Å². The fourth-order valence-electron chi connectivity index (χ4n) is 3.26. The molecule has 0 fully saturated rings. The van der Waals surface area contributed by atoms with Crippen molar-refractivity contribution in [3.63, 3.8) is 0 Å². The topological polar surface area (TPSA) is 83.7 Å². The lowest BCUT2D eigenvalue weighted by Gasteiger charge is -2.12. The number of rotatable bonds is 9. The first-order valence-electron chi connectivity index (χ1n) is 10.7. The first-order valence-corrected chi connectivity index (χ1v) is 10.7. The molecular formula is C27H27N3O3. The van der Waals surface area contributed by atoms with Crippen molar-refractivity contribution >= 4 is 12.1 Å². The van der Waals surface area contributed by atoms with Gasteiger partial charge in [0.25, 0.3) is 0 Å². The lowest BCUT2D eigenvalue weighted by Crippen LogP contribution is -2.20. The van der Waals surface area contributed by atoms with Gasteiger partial charge in [0.05, 0.1) is 30.9 Å². The average molecular weight is 442 g/mol. The first kappa shape index (κ1) is 23.6. The molecule has 6 heteroatoms. The largest absolute Gasteiger partial charge is 0.490 e. The third-order valence-corrected chi connectivity index (χ3v) is 5.00. The van der Waals surface area contributed by atoms with Gasteiger partial charge in [0.2, 0.25) is 5.91 Å². The predicted molar refractivity (Wildman–Crippen MR) is 128 cm³/mol. The molecule has 0 heterocycles. The van der Waals surface area contributed by atoms with E-state index < -0.39 is 0 Å². The number of nitriles is 1. The smallest absolute Gasteiger partial charge is 0.244 e. The summed E-state index contributed by atoms with van der Waals surface area (Å²) in [6.45, 7) is 6.77. The summed E-state index contributed by atoms with van der Waals surface area (Å²) >= 11 is 0. The van der Waals surface area contributed by atoms with Crippen molar-refractivity contribution in [2.24, 2.45) is 5.10 Å². The van der Waals surface area contributed by atoms with Crippen LogP contribution in [0.25, 0.3) is 0 Å². The van der Waals surface area contributed by atoms with Crippen LogP contribution in [0.15, 0.2) is 65.8 Å². The Morgan fingerprint density at radius 3 is 2.52 bits per heavy atom. The molecule has 3 rings (SSSR count). The summed E-state index contributed by atoms with van der Waals surface area (Å²) in [6.07, 6.45) is 1.85. The minimum absolute atomic E-state index is 0.175. The Labute approximate surface area is 194 Å². The fraction of sp³-hybridized carbons (Fsp3) is 0.222. The summed E-state index contributed by atoms with van der Waals surface area (Å²) in [7, 11) is 0. The highest BCUT2D eigenvalue weighted by atomic mass is 16.5. The summed E-state index contributed by atoms with van der Waals surface area (Å²) in [4.78, 5) is 12.2. The number of hydrogen-bond donors (Lipinski definition) is 1. The van der Waals surface area contributed by atoms with Gasteiger partial charge in [0, 0.05) is 0 Å². The van der Waals surface area contributed by atoms with E-state index in [2.05, 4.69) is 22.7 Å². The summed E-state index contributed by atoms with van der Waals surface area (Å²) in [5.41, 5.74) is 8.16. The van der Waals surface area contributed by atoms with E-state index in [1.165, 1.54) is 5.56 Å². The molecule has 3 aromatic rings. The van der Waals surface area contributed by atoms with E-state index >= 15 is 0 Å². The molecule has 0 aliphatic heterocycles. The van der Waals surface area contributed by atoms with Crippen LogP contribution in [-0.4, -0.2) is 18.7 Å². The van der Waals surface area contributed by atoms with Crippen molar-refractivity contribution in [1.29, 1.82) is 5.26 Å². The molecule has 6 nitrogen and oxygen atoms in total. The van der Waals surface area contributed by atoms with Gasteiger partial charge in [0.1, 0.15) is 6.61 Å². The molecule has 0 spiro atoms. The Bertz CT molecular complexity index is 1180. The van der Waals surface area contributed by atoms with E-state index in [1.54, 1.807) is 18.3 Å². The van der Waals surface area contributed by atoms with Crippen LogP contribution in [0, 0.1) is 25.2 Å². The third-order valence-electron chi connectivity index (χ3n) is 5.00. The van der Waals surface area contributed by atoms with Gasteiger partial charge in [-0.2, -0.15) is 10.4 Å². The van der Waals surface area contributed by atoms with Crippen LogP contribution in [0.1, 0.15) is 40.3 Å². The lowest BCUT2D eigenvalue weighted by atomic mass is 10.0. The van der Waals surface area contributed by atoms with Gasteiger partial charge in [-0.15, -0.1) is 0 Å². The Kier molecular flexibility index (Phi) is 8.20. The van der Waals surface area contributed by atoms with Crippen molar-refractivity contribution in [3.8, 4) is 17.6 Å². The van der Waals surface area contributed by atoms with Crippen LogP contribution < -0.4 is 14.9 Å². The van der Waals surface area contributed by atoms with Crippen molar-refractivity contribution in [2.75, 3.05) is 6.61 Å².